The van der Waals surface area contributed by atoms with Crippen LogP contribution in [0.4, 0.5) is 21.1 Å². The van der Waals surface area contributed by atoms with E-state index in [4.69, 9.17) is 28.9 Å². The fourth-order valence-electron chi connectivity index (χ4n) is 4.90. The number of rotatable bonds is 9. The minimum atomic E-state index is -0.797. The molecule has 5 rings (SSSR count). The summed E-state index contributed by atoms with van der Waals surface area (Å²) >= 11 is 0. The Kier molecular flexibility index (Phi) is 10.6. The van der Waals surface area contributed by atoms with Gasteiger partial charge in [0.05, 0.1) is 30.8 Å². The molecule has 264 valence electrons. The topological polar surface area (TPSA) is 147 Å². The van der Waals surface area contributed by atoms with Gasteiger partial charge in [-0.1, -0.05) is 38.1 Å². The van der Waals surface area contributed by atoms with Crippen molar-refractivity contribution in [2.75, 3.05) is 18.1 Å². The molecule has 2 amide bonds. The van der Waals surface area contributed by atoms with Crippen LogP contribution in [-0.2, 0) is 32.2 Å². The Balaban J connectivity index is 1.48. The molecule has 1 aliphatic rings. The van der Waals surface area contributed by atoms with Crippen LogP contribution < -0.4 is 15.0 Å². The van der Waals surface area contributed by atoms with E-state index in [0.717, 1.165) is 10.2 Å². The summed E-state index contributed by atoms with van der Waals surface area (Å²) in [5, 5.41) is 7.01. The van der Waals surface area contributed by atoms with Crippen LogP contribution in [0.1, 0.15) is 66.6 Å². The molecule has 0 unspecified atom stereocenters. The van der Waals surface area contributed by atoms with E-state index in [1.165, 1.54) is 4.90 Å². The Morgan fingerprint density at radius 2 is 1.64 bits per heavy atom. The normalized spacial score (nSPS) is 12.7. The Bertz CT molecular complexity index is 1860. The second-order valence-corrected chi connectivity index (χ2v) is 14.3. The zero-order chi connectivity index (χ0) is 36.2. The van der Waals surface area contributed by atoms with Crippen molar-refractivity contribution in [3.8, 4) is 28.3 Å². The van der Waals surface area contributed by atoms with Gasteiger partial charge in [0.1, 0.15) is 17.0 Å². The maximum Gasteiger partial charge on any atom is 0.435 e. The predicted octanol–water partition coefficient (Wildman–Crippen LogP) is 7.04. The molecule has 0 atom stereocenters. The smallest absolute Gasteiger partial charge is 0.435 e. The van der Waals surface area contributed by atoms with Gasteiger partial charge in [-0.15, -0.1) is 0 Å². The van der Waals surface area contributed by atoms with E-state index < -0.39 is 23.4 Å². The van der Waals surface area contributed by atoms with Gasteiger partial charge in [0.2, 0.25) is 0 Å². The summed E-state index contributed by atoms with van der Waals surface area (Å²) in [5.41, 5.74) is 2.41. The molecule has 0 saturated carbocycles. The van der Waals surface area contributed by atoms with Crippen LogP contribution in [0.3, 0.4) is 0 Å². The average Bonchev–Trinajstić information content (AvgIpc) is 3.72. The molecular formula is C37H44N6O7. The molecule has 1 aliphatic heterocycles. The molecule has 2 aromatic heterocycles. The Morgan fingerprint density at radius 1 is 0.920 bits per heavy atom. The van der Waals surface area contributed by atoms with Crippen LogP contribution in [0.2, 0.25) is 0 Å². The molecule has 3 heterocycles. The molecule has 0 saturated heterocycles. The van der Waals surface area contributed by atoms with Gasteiger partial charge in [-0.05, 0) is 77.3 Å². The van der Waals surface area contributed by atoms with E-state index in [2.05, 4.69) is 10.4 Å². The molecule has 13 heteroatoms. The van der Waals surface area contributed by atoms with Crippen molar-refractivity contribution >= 4 is 29.6 Å². The van der Waals surface area contributed by atoms with Gasteiger partial charge >= 0.3 is 12.2 Å². The lowest BCUT2D eigenvalue weighted by atomic mass is 10.1. The highest BCUT2D eigenvalue weighted by molar-refractivity contribution is 5.96. The van der Waals surface area contributed by atoms with Crippen molar-refractivity contribution in [1.82, 2.24) is 25.1 Å². The maximum absolute atomic E-state index is 13.9. The Morgan fingerprint density at radius 3 is 2.32 bits per heavy atom. The number of carbonyl (C=O) groups excluding carboxylic acids is 3. The van der Waals surface area contributed by atoms with E-state index in [9.17, 15) is 14.4 Å². The number of hydrogen-bond donors (Lipinski definition) is 1. The van der Waals surface area contributed by atoms with Gasteiger partial charge in [0.15, 0.2) is 18.2 Å². The third-order valence-corrected chi connectivity index (χ3v) is 7.14. The van der Waals surface area contributed by atoms with E-state index in [-0.39, 0.29) is 25.7 Å². The van der Waals surface area contributed by atoms with Crippen LogP contribution in [-0.4, -0.2) is 62.2 Å². The number of anilines is 2. The first-order valence-corrected chi connectivity index (χ1v) is 16.5. The van der Waals surface area contributed by atoms with E-state index in [1.54, 1.807) is 84.3 Å². The lowest BCUT2D eigenvalue weighted by Gasteiger charge is -2.28. The molecule has 0 aliphatic carbocycles. The number of hydrogen-bond acceptors (Lipinski definition) is 10. The fraction of sp³-hybridized carbons (Fsp3) is 0.405. The molecule has 0 bridgehead atoms. The third-order valence-electron chi connectivity index (χ3n) is 7.14. The first-order valence-electron chi connectivity index (χ1n) is 16.5. The lowest BCUT2D eigenvalue weighted by Crippen LogP contribution is -2.35. The number of benzene rings is 2. The average molecular weight is 685 g/mol. The largest absolute Gasteiger partial charge is 0.484 e. The summed E-state index contributed by atoms with van der Waals surface area (Å²) in [6.07, 6.45) is 1.94. The quantitative estimate of drug-likeness (QED) is 0.195. The van der Waals surface area contributed by atoms with Gasteiger partial charge in [0, 0.05) is 29.4 Å². The third kappa shape index (κ3) is 9.23. The lowest BCUT2D eigenvalue weighted by molar-refractivity contribution is -0.123. The van der Waals surface area contributed by atoms with Crippen molar-refractivity contribution in [3.63, 3.8) is 0 Å². The first-order chi connectivity index (χ1) is 23.6. The molecule has 2 aromatic carbocycles. The molecular weight excluding hydrogens is 640 g/mol. The number of aromatic nitrogens is 4. The molecule has 4 aromatic rings. The number of nitrogens with one attached hydrogen (secondary N) is 1. The van der Waals surface area contributed by atoms with Crippen LogP contribution in [0, 0.1) is 5.92 Å². The summed E-state index contributed by atoms with van der Waals surface area (Å²) < 4.78 is 24.0. The van der Waals surface area contributed by atoms with Crippen LogP contribution in [0.15, 0.2) is 60.9 Å². The SMILES string of the molecule is CC(C)CNC(=O)COc1cccc(-c2nc3c(c(N(C(=O)OC(C)(C)C)c4ccc(-c5cnn(C(=O)OC(C)(C)C)c5)cc4)n2)COC3)c1. The van der Waals surface area contributed by atoms with Crippen molar-refractivity contribution in [3.05, 3.63) is 72.2 Å². The molecule has 0 radical (unpaired) electrons. The van der Waals surface area contributed by atoms with Gasteiger partial charge in [-0.25, -0.2) is 24.5 Å². The molecule has 0 spiro atoms. The first kappa shape index (κ1) is 36.0. The zero-order valence-electron chi connectivity index (χ0n) is 29.8. The van der Waals surface area contributed by atoms with E-state index >= 15 is 0 Å². The van der Waals surface area contributed by atoms with Crippen LogP contribution >= 0.6 is 0 Å². The molecule has 13 nitrogen and oxygen atoms in total. The van der Waals surface area contributed by atoms with Crippen molar-refractivity contribution in [2.45, 2.75) is 79.8 Å². The predicted molar refractivity (Wildman–Crippen MR) is 187 cm³/mol. The summed E-state index contributed by atoms with van der Waals surface area (Å²) in [7, 11) is 0. The zero-order valence-corrected chi connectivity index (χ0v) is 29.8. The molecule has 50 heavy (non-hydrogen) atoms. The number of fused-ring (bicyclic) bond motifs is 1. The van der Waals surface area contributed by atoms with Gasteiger partial charge in [0.25, 0.3) is 5.91 Å². The maximum atomic E-state index is 13.9. The fourth-order valence-corrected chi connectivity index (χ4v) is 4.90. The highest BCUT2D eigenvalue weighted by Crippen LogP contribution is 2.36. The van der Waals surface area contributed by atoms with Gasteiger partial charge < -0.3 is 24.3 Å². The van der Waals surface area contributed by atoms with Crippen molar-refractivity contribution < 1.29 is 33.3 Å². The second-order valence-electron chi connectivity index (χ2n) is 14.3. The Hall–Kier alpha value is -5.30. The van der Waals surface area contributed by atoms with Gasteiger partial charge in [-0.2, -0.15) is 9.78 Å². The van der Waals surface area contributed by atoms with Crippen molar-refractivity contribution in [1.29, 1.82) is 0 Å². The van der Waals surface area contributed by atoms with Gasteiger partial charge in [-0.3, -0.25) is 4.79 Å². The minimum Gasteiger partial charge on any atom is -0.484 e. The van der Waals surface area contributed by atoms with Crippen LogP contribution in [0.5, 0.6) is 5.75 Å². The Labute approximate surface area is 291 Å². The molecule has 1 N–H and O–H groups in total. The standard InChI is InChI=1S/C37H44N6O7/c1-23(2)17-38-31(44)22-48-28-11-9-10-25(16-28)32-40-30-21-47-20-29(30)33(41-32)43(35(46)50-37(6,7)8)27-14-12-24(13-15-27)26-18-39-42(19-26)34(45)49-36(3,4)5/h9-16,18-19,23H,17,20-22H2,1-8H3,(H,38,44). The molecule has 0 fully saturated rings. The summed E-state index contributed by atoms with van der Waals surface area (Å²) in [4.78, 5) is 49.8. The number of amides is 2. The summed E-state index contributed by atoms with van der Waals surface area (Å²) in [6, 6.07) is 14.3. The number of carbonyl (C=O) groups is 3. The summed E-state index contributed by atoms with van der Waals surface area (Å²) in [5.74, 6) is 1.25. The van der Waals surface area contributed by atoms with Crippen LogP contribution in [0.25, 0.3) is 22.5 Å². The van der Waals surface area contributed by atoms with Crippen molar-refractivity contribution in [2.24, 2.45) is 5.92 Å². The van der Waals surface area contributed by atoms with E-state index in [1.807, 2.05) is 32.0 Å². The minimum absolute atomic E-state index is 0.134. The number of ether oxygens (including phenoxy) is 4. The number of nitrogens with zero attached hydrogens (tertiary/aromatic N) is 5. The highest BCUT2D eigenvalue weighted by atomic mass is 16.6. The monoisotopic (exact) mass is 684 g/mol. The highest BCUT2D eigenvalue weighted by Gasteiger charge is 2.32. The summed E-state index contributed by atoms with van der Waals surface area (Å²) in [6.45, 7) is 15.7. The second kappa shape index (κ2) is 14.7. The van der Waals surface area contributed by atoms with E-state index in [0.29, 0.717) is 57.9 Å².